The van der Waals surface area contributed by atoms with E-state index in [1.807, 2.05) is 24.3 Å². The summed E-state index contributed by atoms with van der Waals surface area (Å²) >= 11 is 7.20. The van der Waals surface area contributed by atoms with Crippen LogP contribution in [-0.2, 0) is 11.3 Å². The number of fused-ring (bicyclic) bond motifs is 1. The molecule has 0 bridgehead atoms. The van der Waals surface area contributed by atoms with Gasteiger partial charge < -0.3 is 15.4 Å². The first-order valence-corrected chi connectivity index (χ1v) is 14.0. The second kappa shape index (κ2) is 12.7. The Morgan fingerprint density at radius 1 is 0.902 bits per heavy atom. The summed E-state index contributed by atoms with van der Waals surface area (Å²) in [6.07, 6.45) is 0. The topological polar surface area (TPSA) is 102 Å². The van der Waals surface area contributed by atoms with Crippen LogP contribution in [0.5, 0.6) is 5.75 Å². The predicted molar refractivity (Wildman–Crippen MR) is 163 cm³/mol. The number of para-hydroxylation sites is 3. The van der Waals surface area contributed by atoms with Crippen LogP contribution in [0.3, 0.4) is 0 Å². The number of aromatic nitrogens is 2. The monoisotopic (exact) mass is 584 g/mol. The Hall–Kier alpha value is -4.60. The molecule has 0 radical (unpaired) electrons. The van der Waals surface area contributed by atoms with Crippen LogP contribution in [0.15, 0.2) is 107 Å². The van der Waals surface area contributed by atoms with Crippen molar-refractivity contribution in [2.24, 2.45) is 0 Å². The molecule has 1 heterocycles. The van der Waals surface area contributed by atoms with Gasteiger partial charge in [0.25, 0.3) is 11.5 Å². The molecule has 5 rings (SSSR count). The largest absolute Gasteiger partial charge is 0.495 e. The van der Waals surface area contributed by atoms with Crippen molar-refractivity contribution >= 4 is 57.5 Å². The molecule has 8 nitrogen and oxygen atoms in total. The lowest BCUT2D eigenvalue weighted by atomic mass is 10.2. The van der Waals surface area contributed by atoms with E-state index in [9.17, 15) is 14.4 Å². The van der Waals surface area contributed by atoms with Gasteiger partial charge in [-0.05, 0) is 66.2 Å². The first kappa shape index (κ1) is 27.9. The Kier molecular flexibility index (Phi) is 8.67. The van der Waals surface area contributed by atoms with E-state index in [1.54, 1.807) is 77.4 Å². The first-order valence-electron chi connectivity index (χ1n) is 12.6. The molecule has 0 fully saturated rings. The number of rotatable bonds is 9. The normalized spacial score (nSPS) is 10.8. The Morgan fingerprint density at radius 2 is 1.61 bits per heavy atom. The van der Waals surface area contributed by atoms with Gasteiger partial charge in [0, 0.05) is 16.3 Å². The lowest BCUT2D eigenvalue weighted by Gasteiger charge is -2.13. The van der Waals surface area contributed by atoms with Crippen LogP contribution in [0, 0.1) is 0 Å². The van der Waals surface area contributed by atoms with Crippen molar-refractivity contribution in [3.05, 3.63) is 124 Å². The highest BCUT2D eigenvalue weighted by molar-refractivity contribution is 7.99. The quantitative estimate of drug-likeness (QED) is 0.161. The summed E-state index contributed by atoms with van der Waals surface area (Å²) in [5, 5.41) is 7.20. The Bertz CT molecular complexity index is 1770. The molecule has 0 atom stereocenters. The van der Waals surface area contributed by atoms with E-state index in [2.05, 4.69) is 15.6 Å². The maximum Gasteiger partial charge on any atom is 0.262 e. The van der Waals surface area contributed by atoms with Crippen LogP contribution in [-0.4, -0.2) is 34.2 Å². The van der Waals surface area contributed by atoms with Gasteiger partial charge in [-0.3, -0.25) is 19.0 Å². The number of nitrogens with zero attached hydrogens (tertiary/aromatic N) is 2. The summed E-state index contributed by atoms with van der Waals surface area (Å²) in [6, 6.07) is 28.1. The van der Waals surface area contributed by atoms with Crippen molar-refractivity contribution in [2.75, 3.05) is 23.5 Å². The van der Waals surface area contributed by atoms with E-state index in [0.29, 0.717) is 43.8 Å². The fourth-order valence-electron chi connectivity index (χ4n) is 4.14. The van der Waals surface area contributed by atoms with Gasteiger partial charge in [0.15, 0.2) is 5.16 Å². The average molecular weight is 585 g/mol. The molecule has 0 aliphatic carbocycles. The molecule has 0 saturated heterocycles. The molecule has 2 N–H and O–H groups in total. The number of amides is 2. The smallest absolute Gasteiger partial charge is 0.262 e. The molecule has 41 heavy (non-hydrogen) atoms. The van der Waals surface area contributed by atoms with Crippen LogP contribution >= 0.6 is 23.4 Å². The summed E-state index contributed by atoms with van der Waals surface area (Å²) in [7, 11) is 1.54. The van der Waals surface area contributed by atoms with Crippen molar-refractivity contribution in [1.82, 2.24) is 9.55 Å². The molecule has 5 aromatic rings. The number of carbonyl (C=O) groups is 2. The third-order valence-corrected chi connectivity index (χ3v) is 7.43. The van der Waals surface area contributed by atoms with Gasteiger partial charge >= 0.3 is 0 Å². The van der Waals surface area contributed by atoms with Crippen LogP contribution in [0.1, 0.15) is 15.9 Å². The van der Waals surface area contributed by atoms with Gasteiger partial charge in [-0.15, -0.1) is 0 Å². The van der Waals surface area contributed by atoms with Crippen molar-refractivity contribution in [2.45, 2.75) is 11.7 Å². The minimum absolute atomic E-state index is 0.0292. The van der Waals surface area contributed by atoms with Crippen molar-refractivity contribution in [3.63, 3.8) is 0 Å². The zero-order valence-corrected chi connectivity index (χ0v) is 23.5. The van der Waals surface area contributed by atoms with E-state index < -0.39 is 0 Å². The molecule has 1 aromatic heterocycles. The fourth-order valence-corrected chi connectivity index (χ4v) is 5.07. The number of nitrogens with one attached hydrogen (secondary N) is 2. The molecule has 0 unspecified atom stereocenters. The summed E-state index contributed by atoms with van der Waals surface area (Å²) in [5.41, 5.74) is 2.79. The highest BCUT2D eigenvalue weighted by Gasteiger charge is 2.15. The van der Waals surface area contributed by atoms with E-state index in [4.69, 9.17) is 16.3 Å². The number of hydrogen-bond donors (Lipinski definition) is 2. The number of anilines is 2. The molecule has 0 aliphatic heterocycles. The molecular weight excluding hydrogens is 560 g/mol. The molecule has 2 amide bonds. The second-order valence-corrected chi connectivity index (χ2v) is 10.4. The highest BCUT2D eigenvalue weighted by atomic mass is 35.5. The minimum atomic E-state index is -0.302. The molecule has 0 aliphatic rings. The van der Waals surface area contributed by atoms with Crippen molar-refractivity contribution in [3.8, 4) is 5.75 Å². The molecule has 0 saturated carbocycles. The Morgan fingerprint density at radius 3 is 2.37 bits per heavy atom. The number of hydrogen-bond acceptors (Lipinski definition) is 6. The van der Waals surface area contributed by atoms with Gasteiger partial charge in [-0.25, -0.2) is 4.98 Å². The van der Waals surface area contributed by atoms with Crippen LogP contribution in [0.4, 0.5) is 11.4 Å². The SMILES string of the molecule is COc1ccccc1NC(=O)c1ccc(NC(=O)CSc2nc3ccccc3c(=O)n2Cc2ccc(Cl)cc2)cc1. The Balaban J connectivity index is 1.27. The molecule has 0 spiro atoms. The summed E-state index contributed by atoms with van der Waals surface area (Å²) in [4.78, 5) is 43.5. The van der Waals surface area contributed by atoms with Crippen molar-refractivity contribution in [1.29, 1.82) is 0 Å². The van der Waals surface area contributed by atoms with Gasteiger partial charge in [-0.2, -0.15) is 0 Å². The van der Waals surface area contributed by atoms with Gasteiger partial charge in [0.05, 0.1) is 36.0 Å². The lowest BCUT2D eigenvalue weighted by Crippen LogP contribution is -2.25. The molecule has 4 aromatic carbocycles. The van der Waals surface area contributed by atoms with Crippen LogP contribution in [0.2, 0.25) is 5.02 Å². The average Bonchev–Trinajstić information content (AvgIpc) is 2.99. The standard InChI is InChI=1S/C31H25ClN4O4S/c1-40-27-9-5-4-8-26(27)34-29(38)21-12-16-23(17-13-21)33-28(37)19-41-31-35-25-7-3-2-6-24(25)30(39)36(31)18-20-10-14-22(32)15-11-20/h2-17H,18-19H2,1H3,(H,33,37)(H,34,38). The summed E-state index contributed by atoms with van der Waals surface area (Å²) < 4.78 is 6.84. The number of ether oxygens (including phenoxy) is 1. The number of benzene rings is 4. The van der Waals surface area contributed by atoms with Crippen LogP contribution in [0.25, 0.3) is 10.9 Å². The van der Waals surface area contributed by atoms with Gasteiger partial charge in [0.2, 0.25) is 5.91 Å². The number of halogens is 1. The van der Waals surface area contributed by atoms with E-state index in [1.165, 1.54) is 18.9 Å². The molecular formula is C31H25ClN4O4S. The van der Waals surface area contributed by atoms with Crippen molar-refractivity contribution < 1.29 is 14.3 Å². The number of carbonyl (C=O) groups excluding carboxylic acids is 2. The summed E-state index contributed by atoms with van der Waals surface area (Å²) in [6.45, 7) is 0.288. The maximum atomic E-state index is 13.3. The van der Waals surface area contributed by atoms with Gasteiger partial charge in [0.1, 0.15) is 5.75 Å². The highest BCUT2D eigenvalue weighted by Crippen LogP contribution is 2.24. The minimum Gasteiger partial charge on any atom is -0.495 e. The third kappa shape index (κ3) is 6.77. The second-order valence-electron chi connectivity index (χ2n) is 9.00. The third-order valence-electron chi connectivity index (χ3n) is 6.20. The molecule has 10 heteroatoms. The predicted octanol–water partition coefficient (Wildman–Crippen LogP) is 6.09. The number of methoxy groups -OCH3 is 1. The zero-order valence-electron chi connectivity index (χ0n) is 22.0. The van der Waals surface area contributed by atoms with E-state index in [0.717, 1.165) is 5.56 Å². The maximum absolute atomic E-state index is 13.3. The fraction of sp³-hybridized carbons (Fsp3) is 0.0968. The first-order chi connectivity index (χ1) is 19.9. The van der Waals surface area contributed by atoms with E-state index >= 15 is 0 Å². The zero-order chi connectivity index (χ0) is 28.8. The number of thioether (sulfide) groups is 1. The van der Waals surface area contributed by atoms with Crippen LogP contribution < -0.4 is 20.9 Å². The lowest BCUT2D eigenvalue weighted by molar-refractivity contribution is -0.113. The Labute approximate surface area is 245 Å². The summed E-state index contributed by atoms with van der Waals surface area (Å²) in [5.74, 6) is 0.00825. The van der Waals surface area contributed by atoms with E-state index in [-0.39, 0.29) is 29.7 Å². The molecule has 206 valence electrons. The van der Waals surface area contributed by atoms with Gasteiger partial charge in [-0.1, -0.05) is 59.8 Å².